The van der Waals surface area contributed by atoms with Crippen molar-refractivity contribution in [1.82, 2.24) is 15.2 Å². The minimum atomic E-state index is -0.709. The molecular formula is C36H45FN4O4. The lowest BCUT2D eigenvalue weighted by molar-refractivity contribution is -0.130. The Hall–Kier alpha value is -4.27. The van der Waals surface area contributed by atoms with Crippen LogP contribution in [0.2, 0.25) is 0 Å². The van der Waals surface area contributed by atoms with E-state index in [4.69, 9.17) is 4.74 Å². The summed E-state index contributed by atoms with van der Waals surface area (Å²) in [5, 5.41) is 5.89. The Morgan fingerprint density at radius 1 is 0.956 bits per heavy atom. The number of nitrogens with one attached hydrogen (secondary N) is 2. The Morgan fingerprint density at radius 2 is 1.60 bits per heavy atom. The van der Waals surface area contributed by atoms with Crippen molar-refractivity contribution >= 4 is 23.6 Å². The van der Waals surface area contributed by atoms with Gasteiger partial charge in [-0.05, 0) is 83.9 Å². The summed E-state index contributed by atoms with van der Waals surface area (Å²) >= 11 is 0. The molecule has 240 valence electrons. The summed E-state index contributed by atoms with van der Waals surface area (Å²) in [4.78, 5) is 43.7. The smallest absolute Gasteiger partial charge is 0.408 e. The highest BCUT2D eigenvalue weighted by Crippen LogP contribution is 2.35. The first kappa shape index (κ1) is 33.6. The number of ether oxygens (including phenoxy) is 1. The van der Waals surface area contributed by atoms with E-state index < -0.39 is 23.1 Å². The molecule has 2 aromatic carbocycles. The number of hydrogen-bond donors (Lipinski definition) is 2. The van der Waals surface area contributed by atoms with Gasteiger partial charge >= 0.3 is 6.09 Å². The molecule has 9 heteroatoms. The zero-order chi connectivity index (χ0) is 32.9. The fourth-order valence-corrected chi connectivity index (χ4v) is 5.79. The molecule has 1 aliphatic rings. The third-order valence-corrected chi connectivity index (χ3v) is 8.36. The van der Waals surface area contributed by atoms with Crippen molar-refractivity contribution in [3.63, 3.8) is 0 Å². The van der Waals surface area contributed by atoms with Gasteiger partial charge in [0.05, 0.1) is 23.1 Å². The maximum atomic E-state index is 15.1. The van der Waals surface area contributed by atoms with Crippen molar-refractivity contribution in [3.05, 3.63) is 72.2 Å². The molecule has 0 aliphatic heterocycles. The van der Waals surface area contributed by atoms with Gasteiger partial charge in [-0.25, -0.2) is 9.18 Å². The van der Waals surface area contributed by atoms with Crippen LogP contribution in [0.25, 0.3) is 22.4 Å². The number of rotatable bonds is 8. The first-order valence-corrected chi connectivity index (χ1v) is 15.5. The second-order valence-electron chi connectivity index (χ2n) is 13.5. The van der Waals surface area contributed by atoms with Gasteiger partial charge in [-0.15, -0.1) is 0 Å². The van der Waals surface area contributed by atoms with Gasteiger partial charge in [-0.2, -0.15) is 0 Å². The lowest BCUT2D eigenvalue weighted by Gasteiger charge is -2.34. The van der Waals surface area contributed by atoms with E-state index in [0.717, 1.165) is 36.8 Å². The summed E-state index contributed by atoms with van der Waals surface area (Å²) in [6, 6.07) is 16.1. The number of benzene rings is 2. The average Bonchev–Trinajstić information content (AvgIpc) is 2.96. The maximum Gasteiger partial charge on any atom is 0.408 e. The Kier molecular flexibility index (Phi) is 10.3. The summed E-state index contributed by atoms with van der Waals surface area (Å²) in [5.74, 6) is -0.202. The molecule has 1 aromatic heterocycles. The number of alkyl carbamates (subject to hydrolysis) is 1. The van der Waals surface area contributed by atoms with Crippen LogP contribution in [0.1, 0.15) is 79.2 Å². The number of carbonyl (C=O) groups excluding carboxylic acids is 3. The van der Waals surface area contributed by atoms with Gasteiger partial charge in [-0.3, -0.25) is 14.6 Å². The molecule has 1 fully saturated rings. The number of halogens is 1. The molecule has 0 saturated heterocycles. The Morgan fingerprint density at radius 3 is 2.20 bits per heavy atom. The molecule has 45 heavy (non-hydrogen) atoms. The fraction of sp³-hybridized carbons (Fsp3) is 0.444. The standard InChI is InChI=1S/C36H45FN4O4/c1-23(42)41(7)28-18-12-24(13-19-28)20-32(43)39-27-21-30(29-10-8-9-11-31(29)37)33(38-22-27)25-14-16-26(17-15-25)36(5,6)40-34(44)45-35(2,3)4/h8-11,14-17,21-22,24,28H,12-13,18-20H2,1-7H3,(H,39,43)(H,40,44). The predicted molar refractivity (Wildman–Crippen MR) is 175 cm³/mol. The van der Waals surface area contributed by atoms with Crippen LogP contribution >= 0.6 is 0 Å². The molecule has 1 saturated carbocycles. The zero-order valence-electron chi connectivity index (χ0n) is 27.4. The molecule has 0 atom stereocenters. The van der Waals surface area contributed by atoms with E-state index in [1.165, 1.54) is 6.07 Å². The third kappa shape index (κ3) is 8.90. The normalized spacial score (nSPS) is 16.9. The van der Waals surface area contributed by atoms with Gasteiger partial charge in [0.25, 0.3) is 0 Å². The molecule has 0 bridgehead atoms. The molecule has 0 spiro atoms. The number of aromatic nitrogens is 1. The highest BCUT2D eigenvalue weighted by molar-refractivity contribution is 5.93. The van der Waals surface area contributed by atoms with Crippen LogP contribution < -0.4 is 10.6 Å². The van der Waals surface area contributed by atoms with Crippen molar-refractivity contribution < 1.29 is 23.5 Å². The number of carbonyl (C=O) groups is 3. The van der Waals surface area contributed by atoms with E-state index in [1.54, 1.807) is 42.3 Å². The molecule has 4 rings (SSSR count). The van der Waals surface area contributed by atoms with E-state index in [1.807, 2.05) is 65.9 Å². The molecule has 1 heterocycles. The summed E-state index contributed by atoms with van der Waals surface area (Å²) in [5.41, 5.74) is 2.28. The molecule has 1 aliphatic carbocycles. The van der Waals surface area contributed by atoms with Gasteiger partial charge in [0.1, 0.15) is 11.4 Å². The van der Waals surface area contributed by atoms with Crippen LogP contribution in [-0.4, -0.2) is 46.5 Å². The van der Waals surface area contributed by atoms with Crippen molar-refractivity contribution in [2.75, 3.05) is 12.4 Å². The van der Waals surface area contributed by atoms with Gasteiger partial charge in [0, 0.05) is 43.1 Å². The van der Waals surface area contributed by atoms with E-state index >= 15 is 4.39 Å². The van der Waals surface area contributed by atoms with Crippen LogP contribution in [-0.2, 0) is 19.9 Å². The minimum absolute atomic E-state index is 0.0628. The summed E-state index contributed by atoms with van der Waals surface area (Å²) in [7, 11) is 1.84. The molecule has 2 N–H and O–H groups in total. The quantitative estimate of drug-likeness (QED) is 0.270. The van der Waals surface area contributed by atoms with Gasteiger partial charge in [-0.1, -0.05) is 42.5 Å². The average molecular weight is 617 g/mol. The van der Waals surface area contributed by atoms with Crippen molar-refractivity contribution in [3.8, 4) is 22.4 Å². The fourth-order valence-electron chi connectivity index (χ4n) is 5.79. The van der Waals surface area contributed by atoms with Crippen LogP contribution in [0.3, 0.4) is 0 Å². The summed E-state index contributed by atoms with van der Waals surface area (Å²) in [6.45, 7) is 10.8. The number of amides is 3. The van der Waals surface area contributed by atoms with Gasteiger partial charge < -0.3 is 20.3 Å². The zero-order valence-corrected chi connectivity index (χ0v) is 27.4. The molecule has 0 unspecified atom stereocenters. The first-order chi connectivity index (χ1) is 21.1. The van der Waals surface area contributed by atoms with Crippen LogP contribution in [0.5, 0.6) is 0 Å². The first-order valence-electron chi connectivity index (χ1n) is 15.5. The molecule has 8 nitrogen and oxygen atoms in total. The van der Waals surface area contributed by atoms with E-state index in [0.29, 0.717) is 28.9 Å². The second-order valence-corrected chi connectivity index (χ2v) is 13.5. The number of hydrogen-bond acceptors (Lipinski definition) is 5. The largest absolute Gasteiger partial charge is 0.444 e. The monoisotopic (exact) mass is 616 g/mol. The van der Waals surface area contributed by atoms with Crippen LogP contribution in [0, 0.1) is 11.7 Å². The second kappa shape index (κ2) is 13.8. The molecule has 0 radical (unpaired) electrons. The predicted octanol–water partition coefficient (Wildman–Crippen LogP) is 7.68. The third-order valence-electron chi connectivity index (χ3n) is 8.36. The van der Waals surface area contributed by atoms with Crippen LogP contribution in [0.4, 0.5) is 14.9 Å². The van der Waals surface area contributed by atoms with Crippen molar-refractivity contribution in [2.45, 2.75) is 90.8 Å². The summed E-state index contributed by atoms with van der Waals surface area (Å²) < 4.78 is 20.5. The van der Waals surface area contributed by atoms with E-state index in [9.17, 15) is 14.4 Å². The number of nitrogens with zero attached hydrogens (tertiary/aromatic N) is 2. The Bertz CT molecular complexity index is 1520. The summed E-state index contributed by atoms with van der Waals surface area (Å²) in [6.07, 6.45) is 5.00. The molecule has 3 amide bonds. The lowest BCUT2D eigenvalue weighted by Crippen LogP contribution is -2.43. The lowest BCUT2D eigenvalue weighted by atomic mass is 9.83. The Balaban J connectivity index is 1.52. The maximum absolute atomic E-state index is 15.1. The van der Waals surface area contributed by atoms with Gasteiger partial charge in [0.15, 0.2) is 0 Å². The minimum Gasteiger partial charge on any atom is -0.444 e. The SMILES string of the molecule is CC(=O)N(C)C1CCC(CC(=O)Nc2cnc(-c3ccc(C(C)(C)NC(=O)OC(C)(C)C)cc3)c(-c3ccccc3F)c2)CC1. The molecular weight excluding hydrogens is 571 g/mol. The van der Waals surface area contributed by atoms with E-state index in [2.05, 4.69) is 15.6 Å². The number of anilines is 1. The highest BCUT2D eigenvalue weighted by atomic mass is 19.1. The topological polar surface area (TPSA) is 101 Å². The van der Waals surface area contributed by atoms with E-state index in [-0.39, 0.29) is 23.8 Å². The van der Waals surface area contributed by atoms with Crippen LogP contribution in [0.15, 0.2) is 60.8 Å². The molecule has 3 aromatic rings. The Labute approximate surface area is 265 Å². The van der Waals surface area contributed by atoms with Crippen molar-refractivity contribution in [2.24, 2.45) is 5.92 Å². The van der Waals surface area contributed by atoms with Gasteiger partial charge in [0.2, 0.25) is 11.8 Å². The number of pyridine rings is 1. The van der Waals surface area contributed by atoms with Crippen molar-refractivity contribution in [1.29, 1.82) is 0 Å². The highest BCUT2D eigenvalue weighted by Gasteiger charge is 2.28.